The van der Waals surface area contributed by atoms with Crippen LogP contribution in [-0.4, -0.2) is 65.8 Å². The molecule has 1 saturated heterocycles. The van der Waals surface area contributed by atoms with E-state index in [9.17, 15) is 0 Å². The fourth-order valence-corrected chi connectivity index (χ4v) is 2.31. The van der Waals surface area contributed by atoms with Crippen molar-refractivity contribution < 1.29 is 5.11 Å². The predicted octanol–water partition coefficient (Wildman–Crippen LogP) is 1.57. The fourth-order valence-electron chi connectivity index (χ4n) is 2.31. The molecule has 0 aliphatic carbocycles. The second-order valence-electron chi connectivity index (χ2n) is 4.96. The van der Waals surface area contributed by atoms with Crippen molar-refractivity contribution in [3.63, 3.8) is 0 Å². The third-order valence-corrected chi connectivity index (χ3v) is 3.57. The average molecular weight is 279 g/mol. The van der Waals surface area contributed by atoms with Crippen molar-refractivity contribution in [3.05, 3.63) is 29.6 Å². The summed E-state index contributed by atoms with van der Waals surface area (Å²) >= 11 is 0. The molecule has 0 atom stereocenters. The average Bonchev–Trinajstić information content (AvgIpc) is 2.50. The number of hydrogen-bond donors (Lipinski definition) is 1. The van der Waals surface area contributed by atoms with Gasteiger partial charge in [0.05, 0.1) is 6.61 Å². The van der Waals surface area contributed by atoms with E-state index in [2.05, 4.69) is 26.9 Å². The molecule has 1 aromatic rings. The van der Waals surface area contributed by atoms with Crippen molar-refractivity contribution in [2.45, 2.75) is 27.2 Å². The largest absolute Gasteiger partial charge is 0.395 e. The molecule has 4 nitrogen and oxygen atoms in total. The molecule has 1 aliphatic rings. The Balaban J connectivity index is 0.000000956. The van der Waals surface area contributed by atoms with Crippen LogP contribution in [0.25, 0.3) is 0 Å². The smallest absolute Gasteiger partial charge is 0.0558 e. The first-order valence-electron chi connectivity index (χ1n) is 7.75. The number of β-amino-alcohol motifs (C(OH)–C–C–N with tert-alkyl or cyclic N) is 1. The van der Waals surface area contributed by atoms with E-state index < -0.39 is 0 Å². The number of aliphatic hydroxyl groups is 1. The standard InChI is InChI=1S/C14H23N3O.C2H6/c1-13-2-3-14(12-15-13)4-5-16-6-8-17(9-7-16)10-11-18;1-2/h2-3,12,18H,4-11H2,1H3;1-2H3. The van der Waals surface area contributed by atoms with Gasteiger partial charge in [0.15, 0.2) is 0 Å². The zero-order chi connectivity index (χ0) is 14.8. The quantitative estimate of drug-likeness (QED) is 0.888. The molecule has 2 rings (SSSR count). The van der Waals surface area contributed by atoms with Crippen molar-refractivity contribution in [2.75, 3.05) is 45.9 Å². The van der Waals surface area contributed by atoms with Gasteiger partial charge in [-0.05, 0) is 25.0 Å². The van der Waals surface area contributed by atoms with Crippen LogP contribution in [-0.2, 0) is 6.42 Å². The summed E-state index contributed by atoms with van der Waals surface area (Å²) in [4.78, 5) is 9.14. The van der Waals surface area contributed by atoms with Crippen LogP contribution < -0.4 is 0 Å². The van der Waals surface area contributed by atoms with Crippen LogP contribution in [0.5, 0.6) is 0 Å². The van der Waals surface area contributed by atoms with E-state index in [1.54, 1.807) is 0 Å². The number of aryl methyl sites for hydroxylation is 1. The molecule has 114 valence electrons. The Bertz CT molecular complexity index is 345. The second-order valence-corrected chi connectivity index (χ2v) is 4.96. The van der Waals surface area contributed by atoms with Crippen LogP contribution >= 0.6 is 0 Å². The van der Waals surface area contributed by atoms with Crippen LogP contribution in [0.2, 0.25) is 0 Å². The molecule has 1 N–H and O–H groups in total. The topological polar surface area (TPSA) is 39.6 Å². The first-order chi connectivity index (χ1) is 9.78. The summed E-state index contributed by atoms with van der Waals surface area (Å²) in [6.45, 7) is 12.6. The molecule has 0 aromatic carbocycles. The van der Waals surface area contributed by atoms with Gasteiger partial charge in [0.25, 0.3) is 0 Å². The highest BCUT2D eigenvalue weighted by Crippen LogP contribution is 2.05. The molecule has 0 saturated carbocycles. The molecule has 20 heavy (non-hydrogen) atoms. The summed E-state index contributed by atoms with van der Waals surface area (Å²) in [5, 5.41) is 8.90. The number of aliphatic hydroxyl groups excluding tert-OH is 1. The Morgan fingerprint density at radius 3 is 2.15 bits per heavy atom. The molecule has 0 unspecified atom stereocenters. The summed E-state index contributed by atoms with van der Waals surface area (Å²) in [6.07, 6.45) is 3.06. The van der Waals surface area contributed by atoms with Gasteiger partial charge < -0.3 is 10.0 Å². The minimum absolute atomic E-state index is 0.273. The molecule has 2 heterocycles. The van der Waals surface area contributed by atoms with Gasteiger partial charge in [0.1, 0.15) is 0 Å². The Hall–Kier alpha value is -0.970. The lowest BCUT2D eigenvalue weighted by atomic mass is 10.2. The maximum absolute atomic E-state index is 8.90. The normalized spacial score (nSPS) is 16.6. The summed E-state index contributed by atoms with van der Waals surface area (Å²) in [7, 11) is 0. The number of aromatic nitrogens is 1. The molecule has 0 spiro atoms. The summed E-state index contributed by atoms with van der Waals surface area (Å²) in [5.74, 6) is 0. The first-order valence-corrected chi connectivity index (χ1v) is 7.75. The maximum Gasteiger partial charge on any atom is 0.0558 e. The van der Waals surface area contributed by atoms with Crippen LogP contribution in [0, 0.1) is 6.92 Å². The lowest BCUT2D eigenvalue weighted by Gasteiger charge is -2.34. The van der Waals surface area contributed by atoms with Crippen LogP contribution in [0.4, 0.5) is 0 Å². The van der Waals surface area contributed by atoms with Crippen molar-refractivity contribution in [2.24, 2.45) is 0 Å². The van der Waals surface area contributed by atoms with E-state index in [0.717, 1.165) is 51.4 Å². The summed E-state index contributed by atoms with van der Waals surface area (Å²) < 4.78 is 0. The Labute approximate surface area is 123 Å². The SMILES string of the molecule is CC.Cc1ccc(CCN2CCN(CCO)CC2)cn1. The van der Waals surface area contributed by atoms with Gasteiger partial charge in [-0.3, -0.25) is 9.88 Å². The maximum atomic E-state index is 8.90. The van der Waals surface area contributed by atoms with Crippen molar-refractivity contribution in [1.29, 1.82) is 0 Å². The third-order valence-electron chi connectivity index (χ3n) is 3.57. The Morgan fingerprint density at radius 1 is 1.05 bits per heavy atom. The van der Waals surface area contributed by atoms with E-state index in [1.807, 2.05) is 27.0 Å². The highest BCUT2D eigenvalue weighted by molar-refractivity contribution is 5.13. The van der Waals surface area contributed by atoms with Gasteiger partial charge in [-0.15, -0.1) is 0 Å². The van der Waals surface area contributed by atoms with Gasteiger partial charge in [-0.2, -0.15) is 0 Å². The molecule has 0 radical (unpaired) electrons. The number of nitrogens with zero attached hydrogens (tertiary/aromatic N) is 3. The predicted molar refractivity (Wildman–Crippen MR) is 84.0 cm³/mol. The van der Waals surface area contributed by atoms with Crippen LogP contribution in [0.1, 0.15) is 25.1 Å². The third kappa shape index (κ3) is 5.99. The lowest BCUT2D eigenvalue weighted by Crippen LogP contribution is -2.47. The van der Waals surface area contributed by atoms with Gasteiger partial charge in [-0.1, -0.05) is 19.9 Å². The van der Waals surface area contributed by atoms with E-state index in [-0.39, 0.29) is 6.61 Å². The zero-order valence-corrected chi connectivity index (χ0v) is 13.2. The monoisotopic (exact) mass is 279 g/mol. The van der Waals surface area contributed by atoms with Crippen molar-refractivity contribution in [3.8, 4) is 0 Å². The minimum Gasteiger partial charge on any atom is -0.395 e. The van der Waals surface area contributed by atoms with Gasteiger partial charge in [0.2, 0.25) is 0 Å². The number of piperazine rings is 1. The van der Waals surface area contributed by atoms with E-state index in [0.29, 0.717) is 0 Å². The zero-order valence-electron chi connectivity index (χ0n) is 13.2. The number of hydrogen-bond acceptors (Lipinski definition) is 4. The van der Waals surface area contributed by atoms with Crippen molar-refractivity contribution >= 4 is 0 Å². The van der Waals surface area contributed by atoms with Crippen molar-refractivity contribution in [1.82, 2.24) is 14.8 Å². The summed E-state index contributed by atoms with van der Waals surface area (Å²) in [5.41, 5.74) is 2.40. The molecular formula is C16H29N3O. The fraction of sp³-hybridized carbons (Fsp3) is 0.688. The van der Waals surface area contributed by atoms with Crippen LogP contribution in [0.15, 0.2) is 18.3 Å². The van der Waals surface area contributed by atoms with Crippen LogP contribution in [0.3, 0.4) is 0 Å². The van der Waals surface area contributed by atoms with E-state index >= 15 is 0 Å². The molecule has 1 aromatic heterocycles. The molecule has 0 bridgehead atoms. The second kappa shape index (κ2) is 9.86. The molecule has 4 heteroatoms. The molecular weight excluding hydrogens is 250 g/mol. The summed E-state index contributed by atoms with van der Waals surface area (Å²) in [6, 6.07) is 4.25. The highest BCUT2D eigenvalue weighted by Gasteiger charge is 2.15. The van der Waals surface area contributed by atoms with Gasteiger partial charge >= 0.3 is 0 Å². The van der Waals surface area contributed by atoms with Gasteiger partial charge in [0, 0.05) is 51.2 Å². The minimum atomic E-state index is 0.273. The molecule has 1 aliphatic heterocycles. The lowest BCUT2D eigenvalue weighted by molar-refractivity contribution is 0.113. The Kier molecular flexibility index (Phi) is 8.42. The molecule has 0 amide bonds. The molecule has 1 fully saturated rings. The number of pyridine rings is 1. The van der Waals surface area contributed by atoms with E-state index in [1.165, 1.54) is 5.56 Å². The number of rotatable bonds is 5. The highest BCUT2D eigenvalue weighted by atomic mass is 16.3. The Morgan fingerprint density at radius 2 is 1.65 bits per heavy atom. The first kappa shape index (κ1) is 17.1. The van der Waals surface area contributed by atoms with Gasteiger partial charge in [-0.25, -0.2) is 0 Å². The van der Waals surface area contributed by atoms with E-state index in [4.69, 9.17) is 5.11 Å².